The lowest BCUT2D eigenvalue weighted by Gasteiger charge is -2.31. The monoisotopic (exact) mass is 360 g/mol. The minimum atomic E-state index is -0.506. The number of guanidine groups is 1. The normalized spacial score (nSPS) is 16.5. The van der Waals surface area contributed by atoms with Gasteiger partial charge < -0.3 is 15.4 Å². The summed E-state index contributed by atoms with van der Waals surface area (Å²) < 4.78 is 5.24. The first-order valence-corrected chi connectivity index (χ1v) is 9.37. The van der Waals surface area contributed by atoms with E-state index in [0.29, 0.717) is 18.2 Å². The third-order valence-corrected chi connectivity index (χ3v) is 4.38. The predicted molar refractivity (Wildman–Crippen MR) is 106 cm³/mol. The Labute approximate surface area is 156 Å². The summed E-state index contributed by atoms with van der Waals surface area (Å²) in [5, 5.41) is 2.73. The minimum Gasteiger partial charge on any atom is -0.444 e. The molecule has 2 rings (SSSR count). The highest BCUT2D eigenvalue weighted by molar-refractivity contribution is 5.84. The van der Waals surface area contributed by atoms with E-state index in [-0.39, 0.29) is 0 Å². The number of benzene rings is 1. The fraction of sp³-hybridized carbons (Fsp3) is 0.600. The number of carbonyl (C=O) groups is 1. The molecule has 1 aromatic rings. The molecular formula is C20H32N4O2. The average molecular weight is 361 g/mol. The van der Waals surface area contributed by atoms with Crippen molar-refractivity contribution in [3.05, 3.63) is 29.8 Å². The first-order valence-electron chi connectivity index (χ1n) is 9.37. The Balaban J connectivity index is 1.78. The van der Waals surface area contributed by atoms with Gasteiger partial charge in [0.15, 0.2) is 5.96 Å². The second kappa shape index (κ2) is 8.92. The lowest BCUT2D eigenvalue weighted by atomic mass is 10.00. The lowest BCUT2D eigenvalue weighted by molar-refractivity contribution is 0.0636. The van der Waals surface area contributed by atoms with Crippen molar-refractivity contribution in [2.75, 3.05) is 25.0 Å². The number of piperidine rings is 1. The number of hydrogen-bond donors (Lipinski definition) is 2. The van der Waals surface area contributed by atoms with E-state index in [1.165, 1.54) is 12.8 Å². The van der Waals surface area contributed by atoms with Gasteiger partial charge in [0.05, 0.1) is 0 Å². The van der Waals surface area contributed by atoms with Gasteiger partial charge in [0.1, 0.15) is 5.60 Å². The molecule has 1 aliphatic heterocycles. The fourth-order valence-corrected chi connectivity index (χ4v) is 2.81. The molecule has 1 aromatic carbocycles. The van der Waals surface area contributed by atoms with Gasteiger partial charge in [-0.15, -0.1) is 0 Å². The van der Waals surface area contributed by atoms with Gasteiger partial charge in [-0.1, -0.05) is 19.1 Å². The molecule has 26 heavy (non-hydrogen) atoms. The number of ether oxygens (including phenoxy) is 1. The number of rotatable bonds is 4. The number of likely N-dealkylation sites (tertiary alicyclic amines) is 1. The Morgan fingerprint density at radius 1 is 1.27 bits per heavy atom. The quantitative estimate of drug-likeness (QED) is 0.635. The molecule has 0 radical (unpaired) electrons. The number of amides is 1. The number of aliphatic imine (C=N–C) groups is 1. The fourth-order valence-electron chi connectivity index (χ4n) is 2.81. The van der Waals surface area contributed by atoms with Crippen LogP contribution >= 0.6 is 0 Å². The highest BCUT2D eigenvalue weighted by atomic mass is 16.6. The first-order chi connectivity index (χ1) is 12.2. The third-order valence-electron chi connectivity index (χ3n) is 4.38. The molecule has 3 N–H and O–H groups in total. The van der Waals surface area contributed by atoms with Crippen LogP contribution in [0.1, 0.15) is 46.1 Å². The minimum absolute atomic E-state index is 0.446. The van der Waals surface area contributed by atoms with Crippen LogP contribution in [0.2, 0.25) is 0 Å². The van der Waals surface area contributed by atoms with Crippen LogP contribution in [0.4, 0.5) is 10.5 Å². The van der Waals surface area contributed by atoms with Gasteiger partial charge in [-0.25, -0.2) is 4.79 Å². The smallest absolute Gasteiger partial charge is 0.412 e. The van der Waals surface area contributed by atoms with Gasteiger partial charge in [0.2, 0.25) is 0 Å². The summed E-state index contributed by atoms with van der Waals surface area (Å²) in [6.07, 6.45) is 2.74. The number of nitrogens with zero attached hydrogens (tertiary/aromatic N) is 2. The van der Waals surface area contributed by atoms with Crippen LogP contribution in [0.15, 0.2) is 29.3 Å². The summed E-state index contributed by atoms with van der Waals surface area (Å²) in [5.41, 5.74) is 7.47. The molecule has 0 aromatic heterocycles. The average Bonchev–Trinajstić information content (AvgIpc) is 2.55. The highest BCUT2D eigenvalue weighted by Crippen LogP contribution is 2.16. The van der Waals surface area contributed by atoms with Crippen LogP contribution in [0.3, 0.4) is 0 Å². The van der Waals surface area contributed by atoms with Crippen molar-refractivity contribution in [1.82, 2.24) is 4.90 Å². The van der Waals surface area contributed by atoms with Gasteiger partial charge in [0.25, 0.3) is 0 Å². The number of anilines is 1. The number of nitrogens with one attached hydrogen (secondary N) is 1. The molecule has 1 saturated heterocycles. The Hall–Kier alpha value is -2.24. The second-order valence-electron chi connectivity index (χ2n) is 7.98. The van der Waals surface area contributed by atoms with Crippen LogP contribution in [-0.4, -0.2) is 42.2 Å². The number of hydrogen-bond acceptors (Lipinski definition) is 3. The summed E-state index contributed by atoms with van der Waals surface area (Å²) >= 11 is 0. The molecule has 0 saturated carbocycles. The van der Waals surface area contributed by atoms with E-state index in [1.54, 1.807) is 0 Å². The van der Waals surface area contributed by atoms with Gasteiger partial charge in [-0.05, 0) is 63.6 Å². The maximum absolute atomic E-state index is 11.8. The van der Waals surface area contributed by atoms with Gasteiger partial charge in [-0.3, -0.25) is 10.3 Å². The molecule has 0 atom stereocenters. The zero-order valence-electron chi connectivity index (χ0n) is 16.4. The van der Waals surface area contributed by atoms with Crippen molar-refractivity contribution >= 4 is 17.7 Å². The summed E-state index contributed by atoms with van der Waals surface area (Å²) in [5.74, 6) is 1.44. The van der Waals surface area contributed by atoms with Gasteiger partial charge in [-0.2, -0.15) is 0 Å². The van der Waals surface area contributed by atoms with Gasteiger partial charge in [0, 0.05) is 25.3 Å². The molecule has 0 unspecified atom stereocenters. The molecule has 1 aliphatic rings. The SMILES string of the molecule is CC1CCN(C(N)=NCCc2ccc(NC(=O)OC(C)(C)C)cc2)CC1. The van der Waals surface area contributed by atoms with E-state index < -0.39 is 11.7 Å². The molecule has 1 heterocycles. The van der Waals surface area contributed by atoms with Crippen molar-refractivity contribution in [2.24, 2.45) is 16.6 Å². The molecule has 144 valence electrons. The summed E-state index contributed by atoms with van der Waals surface area (Å²) in [4.78, 5) is 18.4. The standard InChI is InChI=1S/C20H32N4O2/c1-15-10-13-24(14-11-15)18(21)22-12-9-16-5-7-17(8-6-16)23-19(25)26-20(2,3)4/h5-8,15H,9-14H2,1-4H3,(H2,21,22)(H,23,25). The van der Waals surface area contributed by atoms with Crippen molar-refractivity contribution < 1.29 is 9.53 Å². The van der Waals surface area contributed by atoms with Crippen LogP contribution in [0.5, 0.6) is 0 Å². The van der Waals surface area contributed by atoms with Crippen LogP contribution in [0.25, 0.3) is 0 Å². The summed E-state index contributed by atoms with van der Waals surface area (Å²) in [7, 11) is 0. The van der Waals surface area contributed by atoms with Gasteiger partial charge >= 0.3 is 6.09 Å². The summed E-state index contributed by atoms with van der Waals surface area (Å²) in [6.45, 7) is 10.5. The Morgan fingerprint density at radius 3 is 2.46 bits per heavy atom. The first kappa shape index (κ1) is 20.1. The largest absolute Gasteiger partial charge is 0.444 e. The number of carbonyl (C=O) groups excluding carboxylic acids is 1. The molecule has 0 bridgehead atoms. The van der Waals surface area contributed by atoms with E-state index in [1.807, 2.05) is 45.0 Å². The van der Waals surface area contributed by atoms with E-state index in [9.17, 15) is 4.79 Å². The van der Waals surface area contributed by atoms with E-state index >= 15 is 0 Å². The predicted octanol–water partition coefficient (Wildman–Crippen LogP) is 3.62. The van der Waals surface area contributed by atoms with Crippen LogP contribution in [-0.2, 0) is 11.2 Å². The molecule has 1 amide bonds. The molecule has 6 heteroatoms. The van der Waals surface area contributed by atoms with Crippen molar-refractivity contribution in [3.63, 3.8) is 0 Å². The van der Waals surface area contributed by atoms with E-state index in [2.05, 4.69) is 22.1 Å². The number of nitrogens with two attached hydrogens (primary N) is 1. The molecule has 0 aliphatic carbocycles. The van der Waals surface area contributed by atoms with E-state index in [0.717, 1.165) is 31.0 Å². The molecule has 6 nitrogen and oxygen atoms in total. The summed E-state index contributed by atoms with van der Waals surface area (Å²) in [6, 6.07) is 7.72. The zero-order chi connectivity index (χ0) is 19.2. The van der Waals surface area contributed by atoms with Crippen molar-refractivity contribution in [3.8, 4) is 0 Å². The Kier molecular flexibility index (Phi) is 6.89. The maximum Gasteiger partial charge on any atom is 0.412 e. The van der Waals surface area contributed by atoms with E-state index in [4.69, 9.17) is 10.5 Å². The topological polar surface area (TPSA) is 80.0 Å². The maximum atomic E-state index is 11.8. The van der Waals surface area contributed by atoms with Crippen LogP contribution < -0.4 is 11.1 Å². The lowest BCUT2D eigenvalue weighted by Crippen LogP contribution is -2.42. The zero-order valence-corrected chi connectivity index (χ0v) is 16.4. The Bertz CT molecular complexity index is 612. The second-order valence-corrected chi connectivity index (χ2v) is 7.98. The van der Waals surface area contributed by atoms with Crippen molar-refractivity contribution in [2.45, 2.75) is 52.6 Å². The van der Waals surface area contributed by atoms with Crippen LogP contribution in [0, 0.1) is 5.92 Å². The molecular weight excluding hydrogens is 328 g/mol. The Morgan fingerprint density at radius 2 is 1.88 bits per heavy atom. The highest BCUT2D eigenvalue weighted by Gasteiger charge is 2.17. The van der Waals surface area contributed by atoms with Crippen molar-refractivity contribution in [1.29, 1.82) is 0 Å². The molecule has 0 spiro atoms. The molecule has 1 fully saturated rings. The third kappa shape index (κ3) is 6.94.